The van der Waals surface area contributed by atoms with Gasteiger partial charge in [-0.3, -0.25) is 24.0 Å². The van der Waals surface area contributed by atoms with Crippen molar-refractivity contribution in [2.45, 2.75) is 240 Å². The minimum Gasteiger partial charge on any atom is -0.465 e. The fourth-order valence-electron chi connectivity index (χ4n) is 7.38. The normalized spacial score (nSPS) is 12.0. The van der Waals surface area contributed by atoms with E-state index in [1.54, 1.807) is 0 Å². The molecule has 0 aromatic rings. The molecule has 0 aliphatic carbocycles. The van der Waals surface area contributed by atoms with Crippen LogP contribution >= 0.6 is 0 Å². The highest BCUT2D eigenvalue weighted by Crippen LogP contribution is 2.22. The van der Waals surface area contributed by atoms with Gasteiger partial charge in [-0.05, 0) is 84.8 Å². The van der Waals surface area contributed by atoms with Crippen LogP contribution in [0.1, 0.15) is 240 Å². The van der Waals surface area contributed by atoms with Crippen LogP contribution in [0.5, 0.6) is 0 Å². The lowest BCUT2D eigenvalue weighted by Gasteiger charge is -2.16. The van der Waals surface area contributed by atoms with Crippen molar-refractivity contribution in [3.63, 3.8) is 0 Å². The van der Waals surface area contributed by atoms with Crippen LogP contribution in [0.25, 0.3) is 0 Å². The Morgan fingerprint density at radius 3 is 1.15 bits per heavy atom. The Morgan fingerprint density at radius 1 is 0.435 bits per heavy atom. The molecule has 0 saturated carbocycles. The summed E-state index contributed by atoms with van der Waals surface area (Å²) in [7, 11) is 3.99. The summed E-state index contributed by atoms with van der Waals surface area (Å²) < 4.78 is 11.0. The van der Waals surface area contributed by atoms with E-state index < -0.39 is 0 Å². The van der Waals surface area contributed by atoms with E-state index in [-0.39, 0.29) is 41.5 Å². The lowest BCUT2D eigenvalue weighted by atomic mass is 9.94. The number of primary amides is 1. The molecule has 62 heavy (non-hydrogen) atoms. The Labute approximate surface area is 381 Å². The smallest absolute Gasteiger partial charge is 0.308 e. The number of hydrogen-bond donors (Lipinski definition) is 3. The SMILES string of the molecule is CCCCCCCCC(CCCCCC)C(=O)OCCCCC(=O)NCCCNC(=O)CCCN(C)C.CCCCCCCCC(CCCCCC)C(=O)OCCCCC(N)=O. The number of carbonyl (C=O) groups is 5. The molecular formula is C51H100N4O7. The van der Waals surface area contributed by atoms with Crippen molar-refractivity contribution in [3.05, 3.63) is 0 Å². The Balaban J connectivity index is 0. The Bertz CT molecular complexity index is 1060. The fourth-order valence-corrected chi connectivity index (χ4v) is 7.38. The summed E-state index contributed by atoms with van der Waals surface area (Å²) in [6.07, 6.45) is 34.0. The third-order valence-electron chi connectivity index (χ3n) is 11.4. The first-order valence-corrected chi connectivity index (χ1v) is 25.8. The lowest BCUT2D eigenvalue weighted by molar-refractivity contribution is -0.150. The molecule has 0 aromatic heterocycles. The molecule has 0 fully saturated rings. The number of ether oxygens (including phenoxy) is 2. The number of nitrogens with zero attached hydrogens (tertiary/aromatic N) is 1. The van der Waals surface area contributed by atoms with E-state index in [1.807, 2.05) is 14.1 Å². The summed E-state index contributed by atoms with van der Waals surface area (Å²) in [6, 6.07) is 0. The minimum absolute atomic E-state index is 0.0144. The molecule has 0 spiro atoms. The van der Waals surface area contributed by atoms with Gasteiger partial charge in [-0.1, -0.05) is 156 Å². The molecule has 0 saturated heterocycles. The van der Waals surface area contributed by atoms with Gasteiger partial charge in [-0.2, -0.15) is 0 Å². The number of amides is 3. The van der Waals surface area contributed by atoms with E-state index >= 15 is 0 Å². The second-order valence-electron chi connectivity index (χ2n) is 17.9. The molecule has 0 radical (unpaired) electrons. The molecular weight excluding hydrogens is 781 g/mol. The Hall–Kier alpha value is -2.69. The maximum atomic E-state index is 12.7. The second-order valence-corrected chi connectivity index (χ2v) is 17.9. The van der Waals surface area contributed by atoms with E-state index in [9.17, 15) is 24.0 Å². The molecule has 11 nitrogen and oxygen atoms in total. The summed E-state index contributed by atoms with van der Waals surface area (Å²) in [5, 5.41) is 5.80. The molecule has 0 bridgehead atoms. The molecule has 366 valence electrons. The van der Waals surface area contributed by atoms with Crippen molar-refractivity contribution in [1.82, 2.24) is 15.5 Å². The first kappa shape index (κ1) is 61.4. The van der Waals surface area contributed by atoms with Gasteiger partial charge < -0.3 is 30.7 Å². The Kier molecular flexibility index (Phi) is 47.3. The third kappa shape index (κ3) is 45.3. The maximum absolute atomic E-state index is 12.7. The molecule has 0 aliphatic rings. The number of esters is 2. The van der Waals surface area contributed by atoms with Crippen molar-refractivity contribution in [2.24, 2.45) is 17.6 Å². The molecule has 0 aliphatic heterocycles. The van der Waals surface area contributed by atoms with Crippen LogP contribution in [0, 0.1) is 11.8 Å². The average Bonchev–Trinajstić information content (AvgIpc) is 3.24. The van der Waals surface area contributed by atoms with Crippen molar-refractivity contribution in [2.75, 3.05) is 46.9 Å². The van der Waals surface area contributed by atoms with Crippen LogP contribution in [-0.4, -0.2) is 81.5 Å². The molecule has 11 heteroatoms. The van der Waals surface area contributed by atoms with Gasteiger partial charge in [0.25, 0.3) is 0 Å². The second kappa shape index (κ2) is 47.8. The number of carbonyl (C=O) groups excluding carboxylic acids is 5. The summed E-state index contributed by atoms with van der Waals surface area (Å²) in [6.45, 7) is 11.7. The summed E-state index contributed by atoms with van der Waals surface area (Å²) in [5.74, 6) is -0.206. The molecule has 2 unspecified atom stereocenters. The van der Waals surface area contributed by atoms with Crippen LogP contribution in [0.2, 0.25) is 0 Å². The van der Waals surface area contributed by atoms with Crippen LogP contribution < -0.4 is 16.4 Å². The van der Waals surface area contributed by atoms with Gasteiger partial charge in [-0.15, -0.1) is 0 Å². The standard InChI is InChI=1S/C30H59N3O4.C21H41NO3/c1-5-7-9-11-12-14-20-27(19-13-10-8-6-2)30(36)37-26-16-15-21-28(34)31-23-18-24-32-29(35)22-17-25-33(3)4;1-3-5-7-9-10-12-16-19(15-11-8-6-4-2)21(24)25-18-14-13-17-20(22)23/h27H,5-26H2,1-4H3,(H,31,34)(H,32,35);19H,3-18H2,1-2H3,(H2,22,23). The number of unbranched alkanes of at least 4 members (excludes halogenated alkanes) is 18. The zero-order valence-electron chi connectivity index (χ0n) is 41.4. The van der Waals surface area contributed by atoms with Gasteiger partial charge in [0.2, 0.25) is 17.7 Å². The van der Waals surface area contributed by atoms with Crippen molar-refractivity contribution >= 4 is 29.7 Å². The minimum atomic E-state index is -0.289. The molecule has 0 rings (SSSR count). The number of rotatable bonds is 44. The lowest BCUT2D eigenvalue weighted by Crippen LogP contribution is -2.30. The van der Waals surface area contributed by atoms with Gasteiger partial charge in [0, 0.05) is 32.4 Å². The number of hydrogen-bond acceptors (Lipinski definition) is 8. The predicted molar refractivity (Wildman–Crippen MR) is 258 cm³/mol. The predicted octanol–water partition coefficient (Wildman–Crippen LogP) is 11.5. The summed E-state index contributed by atoms with van der Waals surface area (Å²) in [5.41, 5.74) is 5.11. The van der Waals surface area contributed by atoms with Gasteiger partial charge in [0.1, 0.15) is 0 Å². The van der Waals surface area contributed by atoms with Gasteiger partial charge >= 0.3 is 11.9 Å². The van der Waals surface area contributed by atoms with Crippen LogP contribution in [0.4, 0.5) is 0 Å². The highest BCUT2D eigenvalue weighted by molar-refractivity contribution is 5.76. The van der Waals surface area contributed by atoms with Crippen molar-refractivity contribution < 1.29 is 33.4 Å². The van der Waals surface area contributed by atoms with E-state index in [1.165, 1.54) is 103 Å². The number of nitrogens with two attached hydrogens (primary N) is 1. The average molecular weight is 881 g/mol. The largest absolute Gasteiger partial charge is 0.465 e. The van der Waals surface area contributed by atoms with Gasteiger partial charge in [0.05, 0.1) is 25.0 Å². The van der Waals surface area contributed by atoms with E-state index in [4.69, 9.17) is 15.2 Å². The molecule has 2 atom stereocenters. The van der Waals surface area contributed by atoms with Crippen LogP contribution in [0.3, 0.4) is 0 Å². The monoisotopic (exact) mass is 881 g/mol. The Morgan fingerprint density at radius 2 is 0.774 bits per heavy atom. The van der Waals surface area contributed by atoms with E-state index in [0.29, 0.717) is 71.2 Å². The molecule has 0 heterocycles. The summed E-state index contributed by atoms with van der Waals surface area (Å²) >= 11 is 0. The molecule has 3 amide bonds. The maximum Gasteiger partial charge on any atom is 0.308 e. The zero-order chi connectivity index (χ0) is 46.3. The first-order chi connectivity index (χ1) is 30.0. The fraction of sp³-hybridized carbons (Fsp3) is 0.902. The highest BCUT2D eigenvalue weighted by Gasteiger charge is 2.20. The number of nitrogens with one attached hydrogen (secondary N) is 2. The van der Waals surface area contributed by atoms with Crippen LogP contribution in [0.15, 0.2) is 0 Å². The van der Waals surface area contributed by atoms with Gasteiger partial charge in [0.15, 0.2) is 0 Å². The van der Waals surface area contributed by atoms with Crippen LogP contribution in [-0.2, 0) is 33.4 Å². The zero-order valence-corrected chi connectivity index (χ0v) is 41.4. The van der Waals surface area contributed by atoms with E-state index in [0.717, 1.165) is 70.8 Å². The molecule has 4 N–H and O–H groups in total. The third-order valence-corrected chi connectivity index (χ3v) is 11.4. The van der Waals surface area contributed by atoms with E-state index in [2.05, 4.69) is 43.2 Å². The van der Waals surface area contributed by atoms with Gasteiger partial charge in [-0.25, -0.2) is 0 Å². The van der Waals surface area contributed by atoms with Crippen molar-refractivity contribution in [3.8, 4) is 0 Å². The summed E-state index contributed by atoms with van der Waals surface area (Å²) in [4.78, 5) is 61.6. The molecule has 0 aromatic carbocycles. The first-order valence-electron chi connectivity index (χ1n) is 25.8. The van der Waals surface area contributed by atoms with Crippen molar-refractivity contribution in [1.29, 1.82) is 0 Å². The highest BCUT2D eigenvalue weighted by atomic mass is 16.5. The topological polar surface area (TPSA) is 157 Å². The quantitative estimate of drug-likeness (QED) is 0.0403.